The summed E-state index contributed by atoms with van der Waals surface area (Å²) in [4.78, 5) is 11.8. The van der Waals surface area contributed by atoms with Crippen LogP contribution in [0.4, 0.5) is 5.82 Å². The molecular weight excluding hydrogens is 338 g/mol. The molecule has 0 saturated carbocycles. The third-order valence-electron chi connectivity index (χ3n) is 5.43. The monoisotopic (exact) mass is 373 g/mol. The Labute approximate surface area is 163 Å². The molecule has 0 aromatic carbocycles. The second-order valence-corrected chi connectivity index (χ2v) is 7.88. The Bertz CT molecular complexity index is 587. The lowest BCUT2D eigenvalue weighted by atomic mass is 10.0. The van der Waals surface area contributed by atoms with Crippen LogP contribution < -0.4 is 15.5 Å². The molecule has 0 aliphatic carbocycles. The summed E-state index contributed by atoms with van der Waals surface area (Å²) in [5.74, 6) is 1.94. The molecule has 3 rings (SSSR count). The molecule has 1 unspecified atom stereocenters. The van der Waals surface area contributed by atoms with Gasteiger partial charge in [0, 0.05) is 39.0 Å². The second kappa shape index (κ2) is 9.93. The average Bonchev–Trinajstić information content (AvgIpc) is 2.94. The fourth-order valence-corrected chi connectivity index (χ4v) is 3.76. The summed E-state index contributed by atoms with van der Waals surface area (Å²) < 4.78 is 5.85. The third-order valence-corrected chi connectivity index (χ3v) is 5.43. The molecule has 150 valence electrons. The van der Waals surface area contributed by atoms with Gasteiger partial charge in [0.25, 0.3) is 0 Å². The third kappa shape index (κ3) is 6.09. The van der Waals surface area contributed by atoms with Crippen LogP contribution in [0.25, 0.3) is 0 Å². The van der Waals surface area contributed by atoms with Crippen LogP contribution in [-0.2, 0) is 11.3 Å². The zero-order valence-electron chi connectivity index (χ0n) is 17.0. The summed E-state index contributed by atoms with van der Waals surface area (Å²) in [6.45, 7) is 9.62. The molecular formula is C21H35N5O. The molecule has 6 heteroatoms. The maximum absolute atomic E-state index is 5.85. The van der Waals surface area contributed by atoms with E-state index in [9.17, 15) is 0 Å². The van der Waals surface area contributed by atoms with Gasteiger partial charge < -0.3 is 20.3 Å². The Morgan fingerprint density at radius 1 is 1.19 bits per heavy atom. The van der Waals surface area contributed by atoms with Crippen molar-refractivity contribution < 1.29 is 4.74 Å². The lowest BCUT2D eigenvalue weighted by molar-refractivity contribution is 0.0243. The van der Waals surface area contributed by atoms with Gasteiger partial charge in [-0.1, -0.05) is 18.9 Å². The van der Waals surface area contributed by atoms with Gasteiger partial charge in [-0.25, -0.2) is 9.98 Å². The first-order chi connectivity index (χ1) is 13.2. The first-order valence-corrected chi connectivity index (χ1v) is 10.5. The summed E-state index contributed by atoms with van der Waals surface area (Å²) in [6, 6.07) is 4.30. The van der Waals surface area contributed by atoms with E-state index in [1.54, 1.807) is 0 Å². The highest BCUT2D eigenvalue weighted by molar-refractivity contribution is 5.79. The fraction of sp³-hybridized carbons (Fsp3) is 0.714. The number of nitrogens with zero attached hydrogens (tertiary/aromatic N) is 3. The number of anilines is 1. The summed E-state index contributed by atoms with van der Waals surface area (Å²) in [5.41, 5.74) is 1.06. The van der Waals surface area contributed by atoms with E-state index >= 15 is 0 Å². The van der Waals surface area contributed by atoms with E-state index < -0.39 is 0 Å². The predicted octanol–water partition coefficient (Wildman–Crippen LogP) is 3.09. The minimum atomic E-state index is -0.0768. The van der Waals surface area contributed by atoms with Gasteiger partial charge in [0.1, 0.15) is 5.82 Å². The highest BCUT2D eigenvalue weighted by Crippen LogP contribution is 2.23. The molecule has 0 bridgehead atoms. The smallest absolute Gasteiger partial charge is 0.191 e. The van der Waals surface area contributed by atoms with Gasteiger partial charge >= 0.3 is 0 Å². The molecule has 2 aliphatic heterocycles. The molecule has 1 aromatic rings. The van der Waals surface area contributed by atoms with Crippen LogP contribution in [-0.4, -0.2) is 49.3 Å². The van der Waals surface area contributed by atoms with Crippen molar-refractivity contribution in [3.8, 4) is 0 Å². The molecule has 2 saturated heterocycles. The minimum absolute atomic E-state index is 0.0768. The molecule has 6 nitrogen and oxygen atoms in total. The largest absolute Gasteiger partial charge is 0.373 e. The zero-order chi connectivity index (χ0) is 19.0. The maximum Gasteiger partial charge on any atom is 0.191 e. The van der Waals surface area contributed by atoms with Crippen LogP contribution in [0.2, 0.25) is 0 Å². The van der Waals surface area contributed by atoms with Gasteiger partial charge in [0.15, 0.2) is 5.96 Å². The number of guanidine groups is 1. The van der Waals surface area contributed by atoms with E-state index in [0.29, 0.717) is 6.54 Å². The van der Waals surface area contributed by atoms with Crippen LogP contribution >= 0.6 is 0 Å². The number of hydrogen-bond donors (Lipinski definition) is 2. The molecule has 2 N–H and O–H groups in total. The number of aliphatic imine (C=N–C) groups is 1. The van der Waals surface area contributed by atoms with E-state index in [1.807, 2.05) is 6.20 Å². The van der Waals surface area contributed by atoms with E-state index in [0.717, 1.165) is 63.0 Å². The van der Waals surface area contributed by atoms with Gasteiger partial charge in [0.05, 0.1) is 12.1 Å². The van der Waals surface area contributed by atoms with Crippen molar-refractivity contribution in [1.29, 1.82) is 0 Å². The number of rotatable bonds is 6. The minimum Gasteiger partial charge on any atom is -0.373 e. The topological polar surface area (TPSA) is 61.8 Å². The van der Waals surface area contributed by atoms with E-state index in [4.69, 9.17) is 9.73 Å². The molecule has 0 radical (unpaired) electrons. The predicted molar refractivity (Wildman–Crippen MR) is 111 cm³/mol. The van der Waals surface area contributed by atoms with E-state index in [1.165, 1.54) is 25.7 Å². The van der Waals surface area contributed by atoms with Crippen molar-refractivity contribution in [3.63, 3.8) is 0 Å². The number of pyridine rings is 1. The van der Waals surface area contributed by atoms with E-state index in [-0.39, 0.29) is 5.60 Å². The van der Waals surface area contributed by atoms with Crippen molar-refractivity contribution >= 4 is 11.8 Å². The molecule has 0 spiro atoms. The van der Waals surface area contributed by atoms with Gasteiger partial charge in [-0.3, -0.25) is 0 Å². The number of ether oxygens (including phenoxy) is 1. The molecule has 0 amide bonds. The maximum atomic E-state index is 5.85. The van der Waals surface area contributed by atoms with Gasteiger partial charge in [0.2, 0.25) is 0 Å². The van der Waals surface area contributed by atoms with Crippen LogP contribution in [0.15, 0.2) is 23.3 Å². The SMILES string of the molecule is CCNC(=NCc1ccc(N2CCCCCC2)nc1)NCC1(C)CCCO1. The summed E-state index contributed by atoms with van der Waals surface area (Å²) in [5, 5.41) is 6.75. The normalized spacial score (nSPS) is 23.9. The van der Waals surface area contributed by atoms with Gasteiger partial charge in [-0.15, -0.1) is 0 Å². The lowest BCUT2D eigenvalue weighted by Gasteiger charge is -2.24. The molecule has 1 aromatic heterocycles. The summed E-state index contributed by atoms with van der Waals surface area (Å²) >= 11 is 0. The standard InChI is InChI=1S/C21H35N5O/c1-3-22-20(25-17-21(2)11-8-14-27-21)24-16-18-9-10-19(23-15-18)26-12-6-4-5-7-13-26/h9-10,15H,3-8,11-14,16-17H2,1-2H3,(H2,22,24,25). The van der Waals surface area contributed by atoms with Crippen molar-refractivity contribution in [2.75, 3.05) is 37.7 Å². The van der Waals surface area contributed by atoms with E-state index in [2.05, 4.69) is 46.5 Å². The van der Waals surface area contributed by atoms with Crippen molar-refractivity contribution in [2.45, 2.75) is 64.5 Å². The number of hydrogen-bond acceptors (Lipinski definition) is 4. The fourth-order valence-electron chi connectivity index (χ4n) is 3.76. The van der Waals surface area contributed by atoms with Crippen molar-refractivity contribution in [2.24, 2.45) is 4.99 Å². The molecule has 3 heterocycles. The number of aromatic nitrogens is 1. The molecule has 27 heavy (non-hydrogen) atoms. The quantitative estimate of drug-likeness (QED) is 0.593. The average molecular weight is 374 g/mol. The molecule has 1 atom stereocenters. The second-order valence-electron chi connectivity index (χ2n) is 7.88. The Morgan fingerprint density at radius 3 is 2.63 bits per heavy atom. The lowest BCUT2D eigenvalue weighted by Crippen LogP contribution is -2.45. The highest BCUT2D eigenvalue weighted by Gasteiger charge is 2.29. The number of nitrogens with one attached hydrogen (secondary N) is 2. The van der Waals surface area contributed by atoms with Crippen LogP contribution in [0.1, 0.15) is 57.9 Å². The molecule has 2 fully saturated rings. The Balaban J connectivity index is 1.55. The van der Waals surface area contributed by atoms with Crippen LogP contribution in [0.3, 0.4) is 0 Å². The summed E-state index contributed by atoms with van der Waals surface area (Å²) in [7, 11) is 0. The van der Waals surface area contributed by atoms with Crippen LogP contribution in [0, 0.1) is 0 Å². The Morgan fingerprint density at radius 2 is 2.00 bits per heavy atom. The Kier molecular flexibility index (Phi) is 7.33. The van der Waals surface area contributed by atoms with Crippen LogP contribution in [0.5, 0.6) is 0 Å². The molecule has 2 aliphatic rings. The van der Waals surface area contributed by atoms with Crippen molar-refractivity contribution in [1.82, 2.24) is 15.6 Å². The Hall–Kier alpha value is -1.82. The summed E-state index contributed by atoms with van der Waals surface area (Å²) in [6.07, 6.45) is 9.43. The zero-order valence-corrected chi connectivity index (χ0v) is 17.0. The highest BCUT2D eigenvalue weighted by atomic mass is 16.5. The van der Waals surface area contributed by atoms with Crippen molar-refractivity contribution in [3.05, 3.63) is 23.9 Å². The first-order valence-electron chi connectivity index (χ1n) is 10.5. The van der Waals surface area contributed by atoms with Gasteiger partial charge in [-0.05, 0) is 51.2 Å². The van der Waals surface area contributed by atoms with Gasteiger partial charge in [-0.2, -0.15) is 0 Å². The first kappa shape index (κ1) is 19.9.